The van der Waals surface area contributed by atoms with E-state index in [4.69, 9.17) is 4.11 Å². The van der Waals surface area contributed by atoms with Crippen LogP contribution >= 0.6 is 0 Å². The summed E-state index contributed by atoms with van der Waals surface area (Å²) in [7, 11) is 0. The van der Waals surface area contributed by atoms with Gasteiger partial charge in [-0.05, 0) is 28.4 Å². The van der Waals surface area contributed by atoms with Crippen LogP contribution < -0.4 is 0 Å². The van der Waals surface area contributed by atoms with Gasteiger partial charge in [-0.3, -0.25) is 0 Å². The van der Waals surface area contributed by atoms with E-state index in [2.05, 4.69) is 12.1 Å². The van der Waals surface area contributed by atoms with Gasteiger partial charge in [-0.15, -0.1) is 0 Å². The number of hydrogen-bond acceptors (Lipinski definition) is 0. The lowest BCUT2D eigenvalue weighted by Crippen LogP contribution is -1.78. The van der Waals surface area contributed by atoms with Gasteiger partial charge in [-0.25, -0.2) is 0 Å². The minimum atomic E-state index is -2.04. The van der Waals surface area contributed by atoms with E-state index in [-0.39, 0.29) is 0 Å². The van der Waals surface area contributed by atoms with Crippen LogP contribution in [0.15, 0.2) is 54.6 Å². The fraction of sp³-hybridized carbons (Fsp3) is 0.0667. The highest BCUT2D eigenvalue weighted by Gasteiger charge is 1.98. The predicted octanol–water partition coefficient (Wildman–Crippen LogP) is 4.30. The van der Waals surface area contributed by atoms with E-state index in [9.17, 15) is 0 Å². The monoisotopic (exact) mass is 195 g/mol. The molecule has 0 aliphatic heterocycles. The number of rotatable bonds is 0. The molecular weight excluding hydrogens is 180 g/mol. The van der Waals surface area contributed by atoms with Crippen LogP contribution in [0.3, 0.4) is 0 Å². The Hall–Kier alpha value is -1.82. The largest absolute Gasteiger partial charge is 0.0616 e. The molecule has 0 aromatic heterocycles. The molecule has 0 aliphatic carbocycles. The van der Waals surface area contributed by atoms with Crippen LogP contribution in [0.4, 0.5) is 0 Å². The zero-order chi connectivity index (χ0) is 12.8. The third-order valence-corrected chi connectivity index (χ3v) is 2.74. The Labute approximate surface area is 93.4 Å². The smallest absolute Gasteiger partial charge is 0.0280 e. The van der Waals surface area contributed by atoms with Crippen LogP contribution in [0, 0.1) is 6.85 Å². The number of aryl methyl sites for hydroxylation is 1. The van der Waals surface area contributed by atoms with Gasteiger partial charge in [0.15, 0.2) is 0 Å². The van der Waals surface area contributed by atoms with E-state index in [1.165, 1.54) is 5.39 Å². The van der Waals surface area contributed by atoms with Gasteiger partial charge in [-0.2, -0.15) is 0 Å². The molecule has 0 heterocycles. The number of benzene rings is 3. The van der Waals surface area contributed by atoms with Crippen LogP contribution in [-0.2, 0) is 0 Å². The lowest BCUT2D eigenvalue weighted by atomic mass is 10.0. The maximum atomic E-state index is 7.44. The van der Waals surface area contributed by atoms with Crippen molar-refractivity contribution in [3.05, 3.63) is 60.2 Å². The van der Waals surface area contributed by atoms with E-state index >= 15 is 0 Å². The van der Waals surface area contributed by atoms with Crippen molar-refractivity contribution in [2.24, 2.45) is 0 Å². The van der Waals surface area contributed by atoms with Crippen molar-refractivity contribution in [1.82, 2.24) is 0 Å². The summed E-state index contributed by atoms with van der Waals surface area (Å²) >= 11 is 0. The Kier molecular flexibility index (Phi) is 1.22. The van der Waals surface area contributed by atoms with Crippen molar-refractivity contribution in [2.75, 3.05) is 0 Å². The molecular formula is C15H12. The molecule has 0 radical (unpaired) electrons. The fourth-order valence-electron chi connectivity index (χ4n) is 2.01. The molecule has 72 valence electrons. The Balaban J connectivity index is 2.35. The Morgan fingerprint density at radius 1 is 0.800 bits per heavy atom. The van der Waals surface area contributed by atoms with Gasteiger partial charge in [0.2, 0.25) is 0 Å². The predicted molar refractivity (Wildman–Crippen MR) is 66.2 cm³/mol. The van der Waals surface area contributed by atoms with Gasteiger partial charge in [-0.1, -0.05) is 60.2 Å². The van der Waals surface area contributed by atoms with Crippen molar-refractivity contribution >= 4 is 21.5 Å². The van der Waals surface area contributed by atoms with Crippen LogP contribution in [0.2, 0.25) is 0 Å². The van der Waals surface area contributed by atoms with Crippen molar-refractivity contribution in [2.45, 2.75) is 6.85 Å². The molecule has 0 aliphatic rings. The number of fused-ring (bicyclic) bond motifs is 3. The zero-order valence-electron chi connectivity index (χ0n) is 11.2. The summed E-state index contributed by atoms with van der Waals surface area (Å²) in [6.45, 7) is -2.04. The van der Waals surface area contributed by atoms with E-state index < -0.39 is 6.85 Å². The van der Waals surface area contributed by atoms with Gasteiger partial charge in [0, 0.05) is 4.11 Å². The van der Waals surface area contributed by atoms with Crippen molar-refractivity contribution in [3.63, 3.8) is 0 Å². The molecule has 0 heteroatoms. The molecule has 0 fully saturated rings. The molecule has 0 bridgehead atoms. The first-order valence-electron chi connectivity index (χ1n) is 6.48. The molecule has 3 aromatic carbocycles. The van der Waals surface area contributed by atoms with Crippen LogP contribution in [0.5, 0.6) is 0 Å². The quantitative estimate of drug-likeness (QED) is 0.469. The molecule has 0 saturated carbocycles. The second-order valence-electron chi connectivity index (χ2n) is 3.72. The van der Waals surface area contributed by atoms with E-state index in [1.807, 2.05) is 30.3 Å². The first-order chi connectivity index (χ1) is 8.55. The Bertz CT molecular complexity index is 726. The summed E-state index contributed by atoms with van der Waals surface area (Å²) in [6.07, 6.45) is 0. The summed E-state index contributed by atoms with van der Waals surface area (Å²) < 4.78 is 22.3. The van der Waals surface area contributed by atoms with E-state index in [0.29, 0.717) is 5.56 Å². The molecule has 3 aromatic rings. The highest BCUT2D eigenvalue weighted by atomic mass is 14.0. The molecule has 0 nitrogen and oxygen atoms in total. The van der Waals surface area contributed by atoms with Gasteiger partial charge in [0.05, 0.1) is 0 Å². The molecule has 15 heavy (non-hydrogen) atoms. The second kappa shape index (κ2) is 3.09. The Morgan fingerprint density at radius 2 is 1.60 bits per heavy atom. The Morgan fingerprint density at radius 3 is 2.53 bits per heavy atom. The average molecular weight is 195 g/mol. The summed E-state index contributed by atoms with van der Waals surface area (Å²) in [5.74, 6) is 0. The maximum Gasteiger partial charge on any atom is 0.0280 e. The van der Waals surface area contributed by atoms with Crippen molar-refractivity contribution in [3.8, 4) is 0 Å². The first-order valence-corrected chi connectivity index (χ1v) is 4.98. The van der Waals surface area contributed by atoms with Crippen LogP contribution in [-0.4, -0.2) is 0 Å². The van der Waals surface area contributed by atoms with Crippen molar-refractivity contribution < 1.29 is 4.11 Å². The molecule has 0 amide bonds. The van der Waals surface area contributed by atoms with E-state index in [0.717, 1.165) is 16.2 Å². The fourth-order valence-corrected chi connectivity index (χ4v) is 2.01. The third kappa shape index (κ3) is 1.30. The van der Waals surface area contributed by atoms with Gasteiger partial charge in [0.1, 0.15) is 0 Å². The highest BCUT2D eigenvalue weighted by molar-refractivity contribution is 6.07. The summed E-state index contributed by atoms with van der Waals surface area (Å²) in [5, 5.41) is 4.40. The molecule has 0 unspecified atom stereocenters. The maximum absolute atomic E-state index is 7.44. The molecule has 0 spiro atoms. The zero-order valence-corrected chi connectivity index (χ0v) is 8.20. The van der Waals surface area contributed by atoms with Gasteiger partial charge in [0.25, 0.3) is 0 Å². The van der Waals surface area contributed by atoms with Gasteiger partial charge >= 0.3 is 0 Å². The third-order valence-electron chi connectivity index (χ3n) is 2.74. The normalized spacial score (nSPS) is 14.8. The minimum absolute atomic E-state index is 0.394. The average Bonchev–Trinajstić information content (AvgIpc) is 2.37. The molecule has 0 atom stereocenters. The summed E-state index contributed by atoms with van der Waals surface area (Å²) in [6, 6.07) is 17.5. The molecule has 0 saturated heterocycles. The van der Waals surface area contributed by atoms with Crippen LogP contribution in [0.25, 0.3) is 21.5 Å². The van der Waals surface area contributed by atoms with E-state index in [1.54, 1.807) is 12.1 Å². The van der Waals surface area contributed by atoms with Crippen LogP contribution in [0.1, 0.15) is 9.68 Å². The molecule has 3 rings (SSSR count). The number of hydrogen-bond donors (Lipinski definition) is 0. The lowest BCUT2D eigenvalue weighted by Gasteiger charge is -2.04. The standard InChI is InChI=1S/C15H12/c1-11-6-9-15-13(10-11)8-7-12-4-2-3-5-14(12)15/h2-10H,1H3/i1D3. The minimum Gasteiger partial charge on any atom is -0.0616 e. The summed E-state index contributed by atoms with van der Waals surface area (Å²) in [5.41, 5.74) is 0.394. The second-order valence-corrected chi connectivity index (χ2v) is 3.72. The first kappa shape index (κ1) is 5.92. The SMILES string of the molecule is [2H]C([2H])([2H])c1ccc2c(ccc3ccccc32)c1. The van der Waals surface area contributed by atoms with Gasteiger partial charge < -0.3 is 0 Å². The lowest BCUT2D eigenvalue weighted by molar-refractivity contribution is 1.51. The topological polar surface area (TPSA) is 0 Å². The summed E-state index contributed by atoms with van der Waals surface area (Å²) in [4.78, 5) is 0. The van der Waals surface area contributed by atoms with Crippen molar-refractivity contribution in [1.29, 1.82) is 0 Å². The molecule has 0 N–H and O–H groups in total. The highest BCUT2D eigenvalue weighted by Crippen LogP contribution is 2.25.